The standard InChI is InChI=1S/C17H27NO/c1-14-8-7-9-15(12-14)13-16(18)17(19-2)10-5-3-4-6-11-17/h7-9,12,16H,3-6,10-11,13,18H2,1-2H3. The van der Waals surface area contributed by atoms with Crippen LogP contribution in [-0.4, -0.2) is 18.8 Å². The van der Waals surface area contributed by atoms with Gasteiger partial charge in [0, 0.05) is 13.2 Å². The molecule has 19 heavy (non-hydrogen) atoms. The van der Waals surface area contributed by atoms with Crippen molar-refractivity contribution in [2.24, 2.45) is 5.73 Å². The lowest BCUT2D eigenvalue weighted by Gasteiger charge is -2.37. The summed E-state index contributed by atoms with van der Waals surface area (Å²) in [4.78, 5) is 0. The summed E-state index contributed by atoms with van der Waals surface area (Å²) in [6, 6.07) is 8.75. The molecule has 106 valence electrons. The molecule has 2 heteroatoms. The predicted molar refractivity (Wildman–Crippen MR) is 80.3 cm³/mol. The van der Waals surface area contributed by atoms with Crippen molar-refractivity contribution in [1.29, 1.82) is 0 Å². The van der Waals surface area contributed by atoms with Crippen LogP contribution in [0.4, 0.5) is 0 Å². The molecule has 1 aromatic carbocycles. The minimum atomic E-state index is -0.111. The lowest BCUT2D eigenvalue weighted by atomic mass is 9.83. The highest BCUT2D eigenvalue weighted by molar-refractivity contribution is 5.23. The van der Waals surface area contributed by atoms with Crippen molar-refractivity contribution in [2.45, 2.75) is 63.5 Å². The maximum atomic E-state index is 6.52. The molecular formula is C17H27NO. The molecule has 1 aliphatic rings. The average Bonchev–Trinajstić information content (AvgIpc) is 2.65. The summed E-state index contributed by atoms with van der Waals surface area (Å²) < 4.78 is 5.90. The fraction of sp³-hybridized carbons (Fsp3) is 0.647. The Bertz CT molecular complexity index is 394. The van der Waals surface area contributed by atoms with E-state index in [4.69, 9.17) is 10.5 Å². The fourth-order valence-corrected chi connectivity index (χ4v) is 3.33. The first kappa shape index (κ1) is 14.5. The van der Waals surface area contributed by atoms with Gasteiger partial charge in [0.25, 0.3) is 0 Å². The van der Waals surface area contributed by atoms with Gasteiger partial charge in [-0.25, -0.2) is 0 Å². The molecule has 0 spiro atoms. The van der Waals surface area contributed by atoms with Gasteiger partial charge in [-0.15, -0.1) is 0 Å². The summed E-state index contributed by atoms with van der Waals surface area (Å²) in [5.41, 5.74) is 9.04. The summed E-state index contributed by atoms with van der Waals surface area (Å²) in [6.45, 7) is 2.13. The Hall–Kier alpha value is -0.860. The normalized spacial score (nSPS) is 20.8. The molecule has 1 saturated carbocycles. The highest BCUT2D eigenvalue weighted by Crippen LogP contribution is 2.33. The van der Waals surface area contributed by atoms with Crippen LogP contribution in [0.5, 0.6) is 0 Å². The zero-order chi connectivity index (χ0) is 13.7. The van der Waals surface area contributed by atoms with E-state index in [0.717, 1.165) is 19.3 Å². The SMILES string of the molecule is COC1(C(N)Cc2cccc(C)c2)CCCCCC1. The molecular weight excluding hydrogens is 234 g/mol. The summed E-state index contributed by atoms with van der Waals surface area (Å²) >= 11 is 0. The second-order valence-corrected chi connectivity index (χ2v) is 5.98. The molecule has 2 rings (SSSR count). The van der Waals surface area contributed by atoms with Gasteiger partial charge in [-0.3, -0.25) is 0 Å². The molecule has 0 saturated heterocycles. The summed E-state index contributed by atoms with van der Waals surface area (Å²) in [6.07, 6.45) is 8.26. The van der Waals surface area contributed by atoms with E-state index in [-0.39, 0.29) is 11.6 Å². The molecule has 1 aromatic rings. The van der Waals surface area contributed by atoms with Crippen LogP contribution < -0.4 is 5.73 Å². The van der Waals surface area contributed by atoms with Crippen molar-refractivity contribution < 1.29 is 4.74 Å². The number of hydrogen-bond acceptors (Lipinski definition) is 2. The minimum absolute atomic E-state index is 0.0948. The number of ether oxygens (including phenoxy) is 1. The minimum Gasteiger partial charge on any atom is -0.377 e. The largest absolute Gasteiger partial charge is 0.377 e. The van der Waals surface area contributed by atoms with E-state index in [2.05, 4.69) is 31.2 Å². The van der Waals surface area contributed by atoms with Crippen LogP contribution in [-0.2, 0) is 11.2 Å². The van der Waals surface area contributed by atoms with Crippen LogP contribution in [0.15, 0.2) is 24.3 Å². The molecule has 0 bridgehead atoms. The first-order valence-electron chi connectivity index (χ1n) is 7.52. The van der Waals surface area contributed by atoms with Crippen LogP contribution in [0.25, 0.3) is 0 Å². The Labute approximate surface area is 117 Å². The molecule has 0 heterocycles. The van der Waals surface area contributed by atoms with E-state index in [1.54, 1.807) is 0 Å². The number of rotatable bonds is 4. The van der Waals surface area contributed by atoms with Crippen LogP contribution >= 0.6 is 0 Å². The van der Waals surface area contributed by atoms with Gasteiger partial charge < -0.3 is 10.5 Å². The smallest absolute Gasteiger partial charge is 0.0832 e. The van der Waals surface area contributed by atoms with Crippen molar-refractivity contribution >= 4 is 0 Å². The van der Waals surface area contributed by atoms with Gasteiger partial charge in [0.15, 0.2) is 0 Å². The second-order valence-electron chi connectivity index (χ2n) is 5.98. The molecule has 2 N–H and O–H groups in total. The van der Waals surface area contributed by atoms with Gasteiger partial charge in [-0.1, -0.05) is 55.5 Å². The lowest BCUT2D eigenvalue weighted by molar-refractivity contribution is -0.0430. The van der Waals surface area contributed by atoms with Gasteiger partial charge >= 0.3 is 0 Å². The third-order valence-electron chi connectivity index (χ3n) is 4.57. The number of hydrogen-bond donors (Lipinski definition) is 1. The molecule has 0 aliphatic heterocycles. The lowest BCUT2D eigenvalue weighted by Crippen LogP contribution is -2.50. The van der Waals surface area contributed by atoms with Crippen molar-refractivity contribution in [1.82, 2.24) is 0 Å². The Balaban J connectivity index is 2.09. The summed E-state index contributed by atoms with van der Waals surface area (Å²) in [7, 11) is 1.83. The quantitative estimate of drug-likeness (QED) is 0.840. The van der Waals surface area contributed by atoms with Gasteiger partial charge in [-0.2, -0.15) is 0 Å². The van der Waals surface area contributed by atoms with Gasteiger partial charge in [0.05, 0.1) is 5.60 Å². The topological polar surface area (TPSA) is 35.2 Å². The number of nitrogens with two attached hydrogens (primary N) is 1. The third-order valence-corrected chi connectivity index (χ3v) is 4.57. The first-order valence-corrected chi connectivity index (χ1v) is 7.52. The monoisotopic (exact) mass is 261 g/mol. The first-order chi connectivity index (χ1) is 9.16. The Morgan fingerprint density at radius 2 is 1.89 bits per heavy atom. The van der Waals surface area contributed by atoms with E-state index in [1.807, 2.05) is 7.11 Å². The van der Waals surface area contributed by atoms with Gasteiger partial charge in [-0.05, 0) is 31.7 Å². The molecule has 0 aromatic heterocycles. The van der Waals surface area contributed by atoms with E-state index < -0.39 is 0 Å². The van der Waals surface area contributed by atoms with Crippen molar-refractivity contribution in [3.63, 3.8) is 0 Å². The van der Waals surface area contributed by atoms with Crippen molar-refractivity contribution in [3.05, 3.63) is 35.4 Å². The van der Waals surface area contributed by atoms with E-state index in [1.165, 1.54) is 36.8 Å². The summed E-state index contributed by atoms with van der Waals surface area (Å²) in [5.74, 6) is 0. The maximum Gasteiger partial charge on any atom is 0.0832 e. The maximum absolute atomic E-state index is 6.52. The summed E-state index contributed by atoms with van der Waals surface area (Å²) in [5, 5.41) is 0. The predicted octanol–water partition coefficient (Wildman–Crippen LogP) is 3.60. The van der Waals surface area contributed by atoms with Crippen molar-refractivity contribution in [3.8, 4) is 0 Å². The molecule has 1 aliphatic carbocycles. The fourth-order valence-electron chi connectivity index (χ4n) is 3.33. The second kappa shape index (κ2) is 6.53. The Morgan fingerprint density at radius 1 is 1.21 bits per heavy atom. The molecule has 1 atom stereocenters. The third kappa shape index (κ3) is 3.58. The molecule has 2 nitrogen and oxygen atoms in total. The zero-order valence-corrected chi connectivity index (χ0v) is 12.3. The van der Waals surface area contributed by atoms with E-state index in [9.17, 15) is 0 Å². The Morgan fingerprint density at radius 3 is 2.47 bits per heavy atom. The zero-order valence-electron chi connectivity index (χ0n) is 12.3. The average molecular weight is 261 g/mol. The van der Waals surface area contributed by atoms with Crippen molar-refractivity contribution in [2.75, 3.05) is 7.11 Å². The van der Waals surface area contributed by atoms with Crippen LogP contribution in [0.3, 0.4) is 0 Å². The highest BCUT2D eigenvalue weighted by atomic mass is 16.5. The van der Waals surface area contributed by atoms with E-state index >= 15 is 0 Å². The highest BCUT2D eigenvalue weighted by Gasteiger charge is 2.36. The van der Waals surface area contributed by atoms with Crippen LogP contribution in [0.1, 0.15) is 49.7 Å². The van der Waals surface area contributed by atoms with Crippen LogP contribution in [0.2, 0.25) is 0 Å². The molecule has 1 unspecified atom stereocenters. The van der Waals surface area contributed by atoms with Crippen LogP contribution in [0, 0.1) is 6.92 Å². The number of aryl methyl sites for hydroxylation is 1. The Kier molecular flexibility index (Phi) is 5.00. The van der Waals surface area contributed by atoms with Gasteiger partial charge in [0.1, 0.15) is 0 Å². The van der Waals surface area contributed by atoms with E-state index in [0.29, 0.717) is 0 Å². The molecule has 0 amide bonds. The number of benzene rings is 1. The molecule has 1 fully saturated rings. The molecule has 0 radical (unpaired) electrons. The number of methoxy groups -OCH3 is 1. The van der Waals surface area contributed by atoms with Gasteiger partial charge in [0.2, 0.25) is 0 Å².